The molecule has 0 aliphatic heterocycles. The molecule has 112 valence electrons. The zero-order chi connectivity index (χ0) is 15.4. The summed E-state index contributed by atoms with van der Waals surface area (Å²) in [5, 5.41) is 3.11. The second-order valence-electron chi connectivity index (χ2n) is 4.59. The van der Waals surface area contributed by atoms with Crippen molar-refractivity contribution in [2.45, 2.75) is 0 Å². The van der Waals surface area contributed by atoms with Crippen LogP contribution in [-0.4, -0.2) is 19.2 Å². The standard InChI is InChI=1S/C17H16N2O3/c1-20-13-8-9-15(21-2)14(10-13)19-17-18-11-16(22-17)12-6-4-3-5-7-12/h3-11H,1-2H3,(H,18,19). The number of rotatable bonds is 5. The lowest BCUT2D eigenvalue weighted by Gasteiger charge is -2.10. The number of methoxy groups -OCH3 is 2. The van der Waals surface area contributed by atoms with Crippen molar-refractivity contribution < 1.29 is 13.9 Å². The average Bonchev–Trinajstić information content (AvgIpc) is 3.04. The first-order chi connectivity index (χ1) is 10.8. The fourth-order valence-electron chi connectivity index (χ4n) is 2.09. The fraction of sp³-hybridized carbons (Fsp3) is 0.118. The smallest absolute Gasteiger partial charge is 0.299 e. The quantitative estimate of drug-likeness (QED) is 0.768. The molecule has 0 radical (unpaired) electrons. The molecule has 1 N–H and O–H groups in total. The van der Waals surface area contributed by atoms with Crippen LogP contribution in [0.3, 0.4) is 0 Å². The van der Waals surface area contributed by atoms with Crippen LogP contribution in [0, 0.1) is 0 Å². The van der Waals surface area contributed by atoms with Gasteiger partial charge in [0.1, 0.15) is 11.5 Å². The van der Waals surface area contributed by atoms with Gasteiger partial charge in [0, 0.05) is 11.6 Å². The first kappa shape index (κ1) is 14.0. The minimum Gasteiger partial charge on any atom is -0.497 e. The van der Waals surface area contributed by atoms with Crippen molar-refractivity contribution in [1.82, 2.24) is 4.98 Å². The molecule has 5 nitrogen and oxygen atoms in total. The molecular formula is C17H16N2O3. The SMILES string of the molecule is COc1ccc(OC)c(Nc2ncc(-c3ccccc3)o2)c1. The van der Waals surface area contributed by atoms with Gasteiger partial charge in [-0.1, -0.05) is 30.3 Å². The third-order valence-corrected chi connectivity index (χ3v) is 3.21. The molecular weight excluding hydrogens is 280 g/mol. The molecule has 0 atom stereocenters. The third-order valence-electron chi connectivity index (χ3n) is 3.21. The maximum absolute atomic E-state index is 5.73. The topological polar surface area (TPSA) is 56.5 Å². The lowest BCUT2D eigenvalue weighted by Crippen LogP contribution is -1.95. The maximum Gasteiger partial charge on any atom is 0.299 e. The molecule has 0 bridgehead atoms. The molecule has 22 heavy (non-hydrogen) atoms. The van der Waals surface area contributed by atoms with Crippen LogP contribution in [0.2, 0.25) is 0 Å². The number of hydrogen-bond donors (Lipinski definition) is 1. The summed E-state index contributed by atoms with van der Waals surface area (Å²) in [4.78, 5) is 4.24. The van der Waals surface area contributed by atoms with E-state index >= 15 is 0 Å². The van der Waals surface area contributed by atoms with Gasteiger partial charge in [-0.3, -0.25) is 0 Å². The second-order valence-corrected chi connectivity index (χ2v) is 4.59. The molecule has 1 aromatic heterocycles. The molecule has 0 aliphatic carbocycles. The Morgan fingerprint density at radius 2 is 1.82 bits per heavy atom. The number of benzene rings is 2. The van der Waals surface area contributed by atoms with E-state index in [4.69, 9.17) is 13.9 Å². The zero-order valence-electron chi connectivity index (χ0n) is 12.4. The Labute approximate surface area is 128 Å². The zero-order valence-corrected chi connectivity index (χ0v) is 12.4. The summed E-state index contributed by atoms with van der Waals surface area (Å²) in [6.07, 6.45) is 1.68. The van der Waals surface area contributed by atoms with Gasteiger partial charge >= 0.3 is 0 Å². The molecule has 0 saturated carbocycles. The van der Waals surface area contributed by atoms with E-state index in [1.807, 2.05) is 48.5 Å². The lowest BCUT2D eigenvalue weighted by atomic mass is 10.2. The van der Waals surface area contributed by atoms with E-state index in [1.165, 1.54) is 0 Å². The minimum absolute atomic E-state index is 0.394. The predicted octanol–water partition coefficient (Wildman–Crippen LogP) is 4.10. The molecule has 0 saturated heterocycles. The number of aromatic nitrogens is 1. The molecule has 0 spiro atoms. The van der Waals surface area contributed by atoms with E-state index in [2.05, 4.69) is 10.3 Å². The molecule has 0 fully saturated rings. The molecule has 0 unspecified atom stereocenters. The van der Waals surface area contributed by atoms with Gasteiger partial charge in [0.15, 0.2) is 5.76 Å². The van der Waals surface area contributed by atoms with Gasteiger partial charge in [-0.05, 0) is 12.1 Å². The van der Waals surface area contributed by atoms with Gasteiger partial charge in [0.2, 0.25) is 0 Å². The molecule has 3 aromatic rings. The Balaban J connectivity index is 1.86. The number of anilines is 2. The predicted molar refractivity (Wildman–Crippen MR) is 84.8 cm³/mol. The summed E-state index contributed by atoms with van der Waals surface area (Å²) in [7, 11) is 3.22. The van der Waals surface area contributed by atoms with Gasteiger partial charge in [0.05, 0.1) is 26.1 Å². The number of nitrogens with zero attached hydrogens (tertiary/aromatic N) is 1. The number of ether oxygens (including phenoxy) is 2. The summed E-state index contributed by atoms with van der Waals surface area (Å²) >= 11 is 0. The number of nitrogens with one attached hydrogen (secondary N) is 1. The summed E-state index contributed by atoms with van der Waals surface area (Å²) < 4.78 is 16.3. The summed E-state index contributed by atoms with van der Waals surface area (Å²) in [5.41, 5.74) is 1.70. The van der Waals surface area contributed by atoms with Crippen molar-refractivity contribution in [3.05, 3.63) is 54.7 Å². The summed E-state index contributed by atoms with van der Waals surface area (Å²) in [6.45, 7) is 0. The van der Waals surface area contributed by atoms with Crippen LogP contribution in [0.5, 0.6) is 11.5 Å². The van der Waals surface area contributed by atoms with Crippen LogP contribution >= 0.6 is 0 Å². The Hall–Kier alpha value is -2.95. The van der Waals surface area contributed by atoms with E-state index in [0.29, 0.717) is 17.5 Å². The van der Waals surface area contributed by atoms with Gasteiger partial charge < -0.3 is 19.2 Å². The third kappa shape index (κ3) is 2.88. The van der Waals surface area contributed by atoms with Gasteiger partial charge in [0.25, 0.3) is 6.01 Å². The average molecular weight is 296 g/mol. The molecule has 5 heteroatoms. The van der Waals surface area contributed by atoms with Crippen LogP contribution in [0.1, 0.15) is 0 Å². The fourth-order valence-corrected chi connectivity index (χ4v) is 2.09. The summed E-state index contributed by atoms with van der Waals surface area (Å²) in [6, 6.07) is 15.7. The molecule has 3 rings (SSSR count). The Bertz CT molecular complexity index is 754. The van der Waals surface area contributed by atoms with E-state index in [0.717, 1.165) is 17.0 Å². The highest BCUT2D eigenvalue weighted by Gasteiger charge is 2.10. The first-order valence-electron chi connectivity index (χ1n) is 6.80. The monoisotopic (exact) mass is 296 g/mol. The number of oxazole rings is 1. The molecule has 0 aliphatic rings. The van der Waals surface area contributed by atoms with Crippen molar-refractivity contribution in [1.29, 1.82) is 0 Å². The van der Waals surface area contributed by atoms with Crippen LogP contribution in [0.4, 0.5) is 11.7 Å². The highest BCUT2D eigenvalue weighted by molar-refractivity contribution is 5.65. The van der Waals surface area contributed by atoms with Crippen LogP contribution in [0.15, 0.2) is 59.1 Å². The maximum atomic E-state index is 5.73. The Morgan fingerprint density at radius 3 is 2.55 bits per heavy atom. The van der Waals surface area contributed by atoms with Crippen molar-refractivity contribution >= 4 is 11.7 Å². The Morgan fingerprint density at radius 1 is 1.00 bits per heavy atom. The van der Waals surface area contributed by atoms with Gasteiger partial charge in [-0.25, -0.2) is 4.98 Å². The van der Waals surface area contributed by atoms with E-state index in [-0.39, 0.29) is 0 Å². The molecule has 1 heterocycles. The lowest BCUT2D eigenvalue weighted by molar-refractivity contribution is 0.404. The van der Waals surface area contributed by atoms with Gasteiger partial charge in [-0.2, -0.15) is 0 Å². The van der Waals surface area contributed by atoms with Crippen molar-refractivity contribution in [3.8, 4) is 22.8 Å². The van der Waals surface area contributed by atoms with E-state index in [9.17, 15) is 0 Å². The van der Waals surface area contributed by atoms with Crippen molar-refractivity contribution in [2.75, 3.05) is 19.5 Å². The van der Waals surface area contributed by atoms with Crippen molar-refractivity contribution in [2.24, 2.45) is 0 Å². The van der Waals surface area contributed by atoms with Crippen LogP contribution < -0.4 is 14.8 Å². The highest BCUT2D eigenvalue weighted by atomic mass is 16.5. The Kier molecular flexibility index (Phi) is 3.96. The highest BCUT2D eigenvalue weighted by Crippen LogP contribution is 2.32. The van der Waals surface area contributed by atoms with Gasteiger partial charge in [-0.15, -0.1) is 0 Å². The summed E-state index contributed by atoms with van der Waals surface area (Å²) in [5.74, 6) is 2.10. The second kappa shape index (κ2) is 6.22. The minimum atomic E-state index is 0.394. The molecule has 0 amide bonds. The van der Waals surface area contributed by atoms with E-state index < -0.39 is 0 Å². The largest absolute Gasteiger partial charge is 0.497 e. The normalized spacial score (nSPS) is 10.3. The van der Waals surface area contributed by atoms with Crippen LogP contribution in [0.25, 0.3) is 11.3 Å². The van der Waals surface area contributed by atoms with Crippen molar-refractivity contribution in [3.63, 3.8) is 0 Å². The first-order valence-corrected chi connectivity index (χ1v) is 6.80. The number of hydrogen-bond acceptors (Lipinski definition) is 5. The molecule has 2 aromatic carbocycles. The van der Waals surface area contributed by atoms with Crippen LogP contribution in [-0.2, 0) is 0 Å². The van der Waals surface area contributed by atoms with E-state index in [1.54, 1.807) is 20.4 Å².